The largest absolute Gasteiger partial charge is 0.435 e. The Labute approximate surface area is 133 Å². The van der Waals surface area contributed by atoms with E-state index in [1.165, 1.54) is 12.1 Å². The lowest BCUT2D eigenvalue weighted by atomic mass is 10.1. The van der Waals surface area contributed by atoms with Crippen molar-refractivity contribution in [3.05, 3.63) is 52.8 Å². The van der Waals surface area contributed by atoms with Crippen LogP contribution in [0.15, 0.2) is 30.3 Å². The van der Waals surface area contributed by atoms with Crippen molar-refractivity contribution in [1.82, 2.24) is 4.98 Å². The summed E-state index contributed by atoms with van der Waals surface area (Å²) in [6.07, 6.45) is 0. The van der Waals surface area contributed by atoms with Crippen LogP contribution in [0.3, 0.4) is 0 Å². The predicted octanol–water partition coefficient (Wildman–Crippen LogP) is 3.81. The van der Waals surface area contributed by atoms with Crippen LogP contribution in [0.5, 0.6) is 5.75 Å². The second-order valence-electron chi connectivity index (χ2n) is 5.23. The number of pyridine rings is 1. The van der Waals surface area contributed by atoms with E-state index in [0.29, 0.717) is 17.8 Å². The van der Waals surface area contributed by atoms with Gasteiger partial charge in [0.25, 0.3) is 0 Å². The molecule has 0 aliphatic heterocycles. The molecule has 0 saturated heterocycles. The van der Waals surface area contributed by atoms with Gasteiger partial charge in [-0.2, -0.15) is 14.0 Å². The number of nitriles is 1. The summed E-state index contributed by atoms with van der Waals surface area (Å²) in [5, 5.41) is 9.32. The second-order valence-corrected chi connectivity index (χ2v) is 5.23. The zero-order valence-electron chi connectivity index (χ0n) is 13.2. The SMILES string of the molecule is Cc1cc(N(C)Cc2ccc(OC(F)F)cc2)c(C#N)c(C)n1. The Morgan fingerprint density at radius 2 is 1.91 bits per heavy atom. The number of halogens is 2. The van der Waals surface area contributed by atoms with Gasteiger partial charge in [0.1, 0.15) is 11.8 Å². The van der Waals surface area contributed by atoms with E-state index in [2.05, 4.69) is 15.8 Å². The minimum atomic E-state index is -2.83. The highest BCUT2D eigenvalue weighted by Gasteiger charge is 2.12. The van der Waals surface area contributed by atoms with E-state index in [4.69, 9.17) is 0 Å². The molecule has 1 aromatic heterocycles. The molecule has 4 nitrogen and oxygen atoms in total. The molecule has 0 aliphatic carbocycles. The van der Waals surface area contributed by atoms with E-state index >= 15 is 0 Å². The van der Waals surface area contributed by atoms with E-state index in [1.807, 2.05) is 24.9 Å². The molecule has 6 heteroatoms. The first-order valence-corrected chi connectivity index (χ1v) is 7.04. The van der Waals surface area contributed by atoms with Crippen molar-refractivity contribution in [2.75, 3.05) is 11.9 Å². The van der Waals surface area contributed by atoms with Gasteiger partial charge in [-0.3, -0.25) is 4.98 Å². The Morgan fingerprint density at radius 3 is 2.48 bits per heavy atom. The molecule has 23 heavy (non-hydrogen) atoms. The fourth-order valence-electron chi connectivity index (χ4n) is 2.38. The molecule has 1 heterocycles. The summed E-state index contributed by atoms with van der Waals surface area (Å²) < 4.78 is 28.6. The van der Waals surface area contributed by atoms with Gasteiger partial charge in [0.05, 0.1) is 16.9 Å². The summed E-state index contributed by atoms with van der Waals surface area (Å²) >= 11 is 0. The predicted molar refractivity (Wildman–Crippen MR) is 83.6 cm³/mol. The molecule has 0 fully saturated rings. The van der Waals surface area contributed by atoms with Gasteiger partial charge in [-0.25, -0.2) is 0 Å². The topological polar surface area (TPSA) is 49.1 Å². The standard InChI is InChI=1S/C17H17F2N3O/c1-11-8-16(15(9-20)12(2)21-11)22(3)10-13-4-6-14(7-5-13)23-17(18)19/h4-8,17H,10H2,1-3H3. The lowest BCUT2D eigenvalue weighted by Crippen LogP contribution is -2.18. The summed E-state index contributed by atoms with van der Waals surface area (Å²) in [6.45, 7) is 1.39. The number of hydrogen-bond donors (Lipinski definition) is 0. The maximum absolute atomic E-state index is 12.1. The number of ether oxygens (including phenoxy) is 1. The van der Waals surface area contributed by atoms with E-state index < -0.39 is 6.61 Å². The first kappa shape index (κ1) is 16.7. The fourth-order valence-corrected chi connectivity index (χ4v) is 2.38. The molecule has 0 unspecified atom stereocenters. The Kier molecular flexibility index (Phi) is 5.12. The van der Waals surface area contributed by atoms with Crippen molar-refractivity contribution in [2.45, 2.75) is 27.0 Å². The average Bonchev–Trinajstić information content (AvgIpc) is 2.48. The maximum Gasteiger partial charge on any atom is 0.387 e. The zero-order valence-corrected chi connectivity index (χ0v) is 13.2. The number of anilines is 1. The van der Waals surface area contributed by atoms with Gasteiger partial charge in [-0.1, -0.05) is 12.1 Å². The van der Waals surface area contributed by atoms with E-state index in [9.17, 15) is 14.0 Å². The number of aromatic nitrogens is 1. The minimum absolute atomic E-state index is 0.125. The number of hydrogen-bond acceptors (Lipinski definition) is 4. The number of benzene rings is 1. The Balaban J connectivity index is 2.19. The first-order valence-electron chi connectivity index (χ1n) is 7.04. The van der Waals surface area contributed by atoms with Crippen molar-refractivity contribution in [1.29, 1.82) is 5.26 Å². The molecular weight excluding hydrogens is 300 g/mol. The van der Waals surface area contributed by atoms with Crippen molar-refractivity contribution < 1.29 is 13.5 Å². The third-order valence-electron chi connectivity index (χ3n) is 3.40. The summed E-state index contributed by atoms with van der Waals surface area (Å²) in [4.78, 5) is 6.23. The zero-order chi connectivity index (χ0) is 17.0. The van der Waals surface area contributed by atoms with Crippen molar-refractivity contribution in [2.24, 2.45) is 0 Å². The highest BCUT2D eigenvalue weighted by molar-refractivity contribution is 5.61. The first-order chi connectivity index (χ1) is 10.9. The van der Waals surface area contributed by atoms with Gasteiger partial charge in [-0.15, -0.1) is 0 Å². The van der Waals surface area contributed by atoms with Crippen LogP contribution in [0.1, 0.15) is 22.5 Å². The number of nitrogens with zero attached hydrogens (tertiary/aromatic N) is 3. The van der Waals surface area contributed by atoms with Crippen molar-refractivity contribution in [3.8, 4) is 11.8 Å². The number of alkyl halides is 2. The summed E-state index contributed by atoms with van der Waals surface area (Å²) in [5.74, 6) is 0.125. The van der Waals surface area contributed by atoms with Crippen LogP contribution >= 0.6 is 0 Å². The molecule has 2 rings (SSSR count). The van der Waals surface area contributed by atoms with Crippen LogP contribution in [0.4, 0.5) is 14.5 Å². The quantitative estimate of drug-likeness (QED) is 0.841. The van der Waals surface area contributed by atoms with Gasteiger partial charge in [0, 0.05) is 19.3 Å². The Hall–Kier alpha value is -2.68. The summed E-state index contributed by atoms with van der Waals surface area (Å²) in [6, 6.07) is 10.5. The molecule has 0 N–H and O–H groups in total. The Morgan fingerprint density at radius 1 is 1.26 bits per heavy atom. The molecule has 0 saturated carbocycles. The number of aryl methyl sites for hydroxylation is 2. The van der Waals surface area contributed by atoms with Gasteiger partial charge in [0.2, 0.25) is 0 Å². The molecular formula is C17H17F2N3O. The van der Waals surface area contributed by atoms with E-state index in [0.717, 1.165) is 16.9 Å². The lowest BCUT2D eigenvalue weighted by Gasteiger charge is -2.22. The molecule has 0 bridgehead atoms. The van der Waals surface area contributed by atoms with Crippen LogP contribution in [-0.4, -0.2) is 18.6 Å². The lowest BCUT2D eigenvalue weighted by molar-refractivity contribution is -0.0498. The average molecular weight is 317 g/mol. The molecule has 2 aromatic rings. The highest BCUT2D eigenvalue weighted by atomic mass is 19.3. The van der Waals surface area contributed by atoms with Crippen molar-refractivity contribution >= 4 is 5.69 Å². The minimum Gasteiger partial charge on any atom is -0.435 e. The molecule has 0 spiro atoms. The third-order valence-corrected chi connectivity index (χ3v) is 3.40. The molecule has 0 amide bonds. The van der Waals surface area contributed by atoms with E-state index in [1.54, 1.807) is 19.1 Å². The third kappa shape index (κ3) is 4.16. The monoisotopic (exact) mass is 317 g/mol. The molecule has 0 radical (unpaired) electrons. The van der Waals surface area contributed by atoms with Gasteiger partial charge in [-0.05, 0) is 37.6 Å². The van der Waals surface area contributed by atoms with Gasteiger partial charge in [0.15, 0.2) is 0 Å². The summed E-state index contributed by atoms with van der Waals surface area (Å²) in [5.41, 5.74) is 3.78. The molecule has 1 aromatic carbocycles. The van der Waals surface area contributed by atoms with Gasteiger partial charge >= 0.3 is 6.61 Å². The molecule has 0 atom stereocenters. The van der Waals surface area contributed by atoms with Crippen LogP contribution in [0.25, 0.3) is 0 Å². The molecule has 0 aliphatic rings. The van der Waals surface area contributed by atoms with E-state index in [-0.39, 0.29) is 5.75 Å². The fraction of sp³-hybridized carbons (Fsp3) is 0.294. The van der Waals surface area contributed by atoms with Crippen LogP contribution in [0, 0.1) is 25.2 Å². The Bertz CT molecular complexity index is 724. The normalized spacial score (nSPS) is 10.5. The van der Waals surface area contributed by atoms with Gasteiger partial charge < -0.3 is 9.64 Å². The van der Waals surface area contributed by atoms with Crippen LogP contribution in [-0.2, 0) is 6.54 Å². The smallest absolute Gasteiger partial charge is 0.387 e. The second kappa shape index (κ2) is 7.05. The molecule has 120 valence electrons. The van der Waals surface area contributed by atoms with Crippen LogP contribution < -0.4 is 9.64 Å². The number of rotatable bonds is 5. The van der Waals surface area contributed by atoms with Crippen molar-refractivity contribution in [3.63, 3.8) is 0 Å². The van der Waals surface area contributed by atoms with Crippen LogP contribution in [0.2, 0.25) is 0 Å². The highest BCUT2D eigenvalue weighted by Crippen LogP contribution is 2.24. The summed E-state index contributed by atoms with van der Waals surface area (Å²) in [7, 11) is 1.87. The maximum atomic E-state index is 12.1.